The van der Waals surface area contributed by atoms with Gasteiger partial charge in [0.05, 0.1) is 11.3 Å². The number of carbonyl (C=O) groups excluding carboxylic acids is 1. The quantitative estimate of drug-likeness (QED) is 0.747. The molecule has 0 fully saturated rings. The Bertz CT molecular complexity index is 421. The number of hydrogen-bond donors (Lipinski definition) is 2. The van der Waals surface area contributed by atoms with Crippen molar-refractivity contribution >= 4 is 12.3 Å². The molecule has 0 aliphatic carbocycles. The Labute approximate surface area is 101 Å². The molecule has 4 heteroatoms. The normalized spacial score (nSPS) is 12.4. The topological polar surface area (TPSA) is 70.2 Å². The van der Waals surface area contributed by atoms with Crippen LogP contribution in [0.3, 0.4) is 0 Å². The third-order valence-electron chi connectivity index (χ3n) is 3.07. The van der Waals surface area contributed by atoms with Crippen LogP contribution in [0.25, 0.3) is 0 Å². The van der Waals surface area contributed by atoms with Gasteiger partial charge in [-0.15, -0.1) is 0 Å². The SMILES string of the molecule is CCCC(C)c1[nH]c(C=O)c(C(=O)O)c1CC. The molecule has 0 spiro atoms. The van der Waals surface area contributed by atoms with Gasteiger partial charge in [0.15, 0.2) is 6.29 Å². The van der Waals surface area contributed by atoms with E-state index in [4.69, 9.17) is 5.11 Å². The fraction of sp³-hybridized carbons (Fsp3) is 0.538. The molecule has 0 aromatic carbocycles. The maximum atomic E-state index is 11.2. The minimum absolute atomic E-state index is 0.139. The molecule has 0 aliphatic heterocycles. The lowest BCUT2D eigenvalue weighted by molar-refractivity contribution is 0.0693. The lowest BCUT2D eigenvalue weighted by Crippen LogP contribution is -2.03. The second-order valence-electron chi connectivity index (χ2n) is 4.27. The lowest BCUT2D eigenvalue weighted by Gasteiger charge is -2.10. The number of aromatic amines is 1. The molecule has 0 bridgehead atoms. The highest BCUT2D eigenvalue weighted by atomic mass is 16.4. The first kappa shape index (κ1) is 13.5. The van der Waals surface area contributed by atoms with E-state index in [1.54, 1.807) is 0 Å². The first-order valence-corrected chi connectivity index (χ1v) is 5.99. The molecule has 2 N–H and O–H groups in total. The molecule has 0 radical (unpaired) electrons. The van der Waals surface area contributed by atoms with Crippen LogP contribution in [0.1, 0.15) is 71.6 Å². The molecule has 1 rings (SSSR count). The van der Waals surface area contributed by atoms with Crippen LogP contribution in [0.15, 0.2) is 0 Å². The van der Waals surface area contributed by atoms with E-state index in [0.29, 0.717) is 12.7 Å². The van der Waals surface area contributed by atoms with Crippen LogP contribution in [0.4, 0.5) is 0 Å². The van der Waals surface area contributed by atoms with Crippen molar-refractivity contribution < 1.29 is 14.7 Å². The fourth-order valence-electron chi connectivity index (χ4n) is 2.28. The molecular weight excluding hydrogens is 218 g/mol. The van der Waals surface area contributed by atoms with Gasteiger partial charge in [0.2, 0.25) is 0 Å². The van der Waals surface area contributed by atoms with Crippen LogP contribution in [0.5, 0.6) is 0 Å². The summed E-state index contributed by atoms with van der Waals surface area (Å²) in [4.78, 5) is 25.0. The summed E-state index contributed by atoms with van der Waals surface area (Å²) in [6, 6.07) is 0. The smallest absolute Gasteiger partial charge is 0.338 e. The zero-order valence-electron chi connectivity index (χ0n) is 10.5. The molecule has 4 nitrogen and oxygen atoms in total. The van der Waals surface area contributed by atoms with Crippen LogP contribution in [-0.4, -0.2) is 22.3 Å². The van der Waals surface area contributed by atoms with Crippen molar-refractivity contribution in [3.05, 3.63) is 22.5 Å². The van der Waals surface area contributed by atoms with E-state index in [1.165, 1.54) is 0 Å². The summed E-state index contributed by atoms with van der Waals surface area (Å²) in [6.07, 6.45) is 3.22. The Hall–Kier alpha value is -1.58. The number of rotatable bonds is 6. The summed E-state index contributed by atoms with van der Waals surface area (Å²) in [5, 5.41) is 9.15. The number of aromatic carboxylic acids is 1. The monoisotopic (exact) mass is 237 g/mol. The maximum absolute atomic E-state index is 11.2. The Morgan fingerprint density at radius 3 is 2.53 bits per heavy atom. The van der Waals surface area contributed by atoms with E-state index in [0.717, 1.165) is 24.1 Å². The average Bonchev–Trinajstić information content (AvgIpc) is 2.67. The fourth-order valence-corrected chi connectivity index (χ4v) is 2.28. The minimum Gasteiger partial charge on any atom is -0.478 e. The van der Waals surface area contributed by atoms with Gasteiger partial charge >= 0.3 is 5.97 Å². The predicted octanol–water partition coefficient (Wildman–Crippen LogP) is 2.99. The molecule has 0 saturated heterocycles. The molecular formula is C13H19NO3. The molecule has 94 valence electrons. The number of carboxylic acids is 1. The molecule has 1 heterocycles. The number of aldehydes is 1. The van der Waals surface area contributed by atoms with Gasteiger partial charge in [-0.3, -0.25) is 4.79 Å². The van der Waals surface area contributed by atoms with Crippen molar-refractivity contribution in [2.75, 3.05) is 0 Å². The summed E-state index contributed by atoms with van der Waals surface area (Å²) in [6.45, 7) is 6.05. The van der Waals surface area contributed by atoms with E-state index in [2.05, 4.69) is 18.8 Å². The van der Waals surface area contributed by atoms with Gasteiger partial charge in [-0.25, -0.2) is 4.79 Å². The van der Waals surface area contributed by atoms with Crippen molar-refractivity contribution in [1.82, 2.24) is 4.98 Å². The number of carbonyl (C=O) groups is 2. The number of aromatic nitrogens is 1. The highest BCUT2D eigenvalue weighted by Crippen LogP contribution is 2.28. The van der Waals surface area contributed by atoms with Gasteiger partial charge in [-0.1, -0.05) is 27.2 Å². The minimum atomic E-state index is -1.03. The van der Waals surface area contributed by atoms with Gasteiger partial charge < -0.3 is 10.1 Å². The second-order valence-corrected chi connectivity index (χ2v) is 4.27. The van der Waals surface area contributed by atoms with E-state index in [-0.39, 0.29) is 17.2 Å². The van der Waals surface area contributed by atoms with Gasteiger partial charge in [-0.2, -0.15) is 0 Å². The second kappa shape index (κ2) is 5.66. The Kier molecular flexibility index (Phi) is 4.49. The molecule has 0 saturated carbocycles. The molecule has 0 aliphatic rings. The zero-order valence-corrected chi connectivity index (χ0v) is 10.5. The van der Waals surface area contributed by atoms with Gasteiger partial charge in [0.25, 0.3) is 0 Å². The highest BCUT2D eigenvalue weighted by molar-refractivity contribution is 5.98. The van der Waals surface area contributed by atoms with Gasteiger partial charge in [0.1, 0.15) is 0 Å². The molecule has 1 aromatic rings. The molecule has 0 amide bonds. The van der Waals surface area contributed by atoms with E-state index >= 15 is 0 Å². The van der Waals surface area contributed by atoms with Crippen LogP contribution in [-0.2, 0) is 6.42 Å². The standard InChI is InChI=1S/C13H19NO3/c1-4-6-8(3)12-9(5-2)11(13(16)17)10(7-15)14-12/h7-8,14H,4-6H2,1-3H3,(H,16,17). The van der Waals surface area contributed by atoms with E-state index < -0.39 is 5.97 Å². The number of nitrogens with one attached hydrogen (secondary N) is 1. The highest BCUT2D eigenvalue weighted by Gasteiger charge is 2.23. The summed E-state index contributed by atoms with van der Waals surface area (Å²) < 4.78 is 0. The Balaban J connectivity index is 3.31. The third-order valence-corrected chi connectivity index (χ3v) is 3.07. The van der Waals surface area contributed by atoms with Crippen molar-refractivity contribution in [1.29, 1.82) is 0 Å². The van der Waals surface area contributed by atoms with Crippen molar-refractivity contribution in [2.45, 2.75) is 46.0 Å². The Morgan fingerprint density at radius 2 is 2.12 bits per heavy atom. The van der Waals surface area contributed by atoms with Crippen molar-refractivity contribution in [3.8, 4) is 0 Å². The van der Waals surface area contributed by atoms with Crippen LogP contribution in [0, 0.1) is 0 Å². The largest absolute Gasteiger partial charge is 0.478 e. The number of hydrogen-bond acceptors (Lipinski definition) is 2. The first-order valence-electron chi connectivity index (χ1n) is 5.99. The number of carboxylic acid groups (broad SMARTS) is 1. The molecule has 17 heavy (non-hydrogen) atoms. The molecule has 1 atom stereocenters. The van der Waals surface area contributed by atoms with Gasteiger partial charge in [-0.05, 0) is 24.3 Å². The van der Waals surface area contributed by atoms with E-state index in [1.807, 2.05) is 6.92 Å². The van der Waals surface area contributed by atoms with E-state index in [9.17, 15) is 9.59 Å². The predicted molar refractivity (Wildman–Crippen MR) is 65.8 cm³/mol. The molecule has 1 aromatic heterocycles. The van der Waals surface area contributed by atoms with Crippen molar-refractivity contribution in [3.63, 3.8) is 0 Å². The van der Waals surface area contributed by atoms with Gasteiger partial charge in [0, 0.05) is 5.69 Å². The molecule has 1 unspecified atom stereocenters. The summed E-state index contributed by atoms with van der Waals surface area (Å²) in [7, 11) is 0. The van der Waals surface area contributed by atoms with Crippen molar-refractivity contribution in [2.24, 2.45) is 0 Å². The lowest BCUT2D eigenvalue weighted by atomic mass is 9.96. The average molecular weight is 237 g/mol. The first-order chi connectivity index (χ1) is 8.06. The van der Waals surface area contributed by atoms with Crippen LogP contribution in [0.2, 0.25) is 0 Å². The third kappa shape index (κ3) is 2.57. The van der Waals surface area contributed by atoms with Crippen LogP contribution >= 0.6 is 0 Å². The number of H-pyrrole nitrogens is 1. The maximum Gasteiger partial charge on any atom is 0.338 e. The zero-order chi connectivity index (χ0) is 13.0. The Morgan fingerprint density at radius 1 is 1.47 bits per heavy atom. The van der Waals surface area contributed by atoms with Crippen LogP contribution < -0.4 is 0 Å². The summed E-state index contributed by atoms with van der Waals surface area (Å²) in [5.41, 5.74) is 1.99. The summed E-state index contributed by atoms with van der Waals surface area (Å²) >= 11 is 0. The summed E-state index contributed by atoms with van der Waals surface area (Å²) in [5.74, 6) is -0.781.